The van der Waals surface area contributed by atoms with Gasteiger partial charge in [0.1, 0.15) is 11.5 Å². The summed E-state index contributed by atoms with van der Waals surface area (Å²) < 4.78 is 10.6. The van der Waals surface area contributed by atoms with E-state index in [1.807, 2.05) is 40.7 Å². The molecule has 0 bridgehead atoms. The topological polar surface area (TPSA) is 63.5 Å². The van der Waals surface area contributed by atoms with Crippen LogP contribution in [0.3, 0.4) is 0 Å². The fraction of sp³-hybridized carbons (Fsp3) is 0.643. The minimum atomic E-state index is -0.206. The van der Waals surface area contributed by atoms with Crippen molar-refractivity contribution < 1.29 is 13.9 Å². The van der Waals surface area contributed by atoms with Crippen LogP contribution in [-0.2, 0) is 4.74 Å². The van der Waals surface area contributed by atoms with Gasteiger partial charge in [-0.15, -0.1) is 0 Å². The second kappa shape index (κ2) is 6.61. The van der Waals surface area contributed by atoms with Crippen molar-refractivity contribution in [1.29, 1.82) is 0 Å². The first kappa shape index (κ1) is 15.6. The lowest BCUT2D eigenvalue weighted by Gasteiger charge is -2.21. The molecule has 1 aromatic heterocycles. The van der Waals surface area contributed by atoms with Gasteiger partial charge in [-0.3, -0.25) is 0 Å². The van der Waals surface area contributed by atoms with Gasteiger partial charge in [0.15, 0.2) is 0 Å². The monoisotopic (exact) mass is 268 g/mol. The Hall–Kier alpha value is -1.49. The van der Waals surface area contributed by atoms with Gasteiger partial charge in [0.2, 0.25) is 0 Å². The van der Waals surface area contributed by atoms with Crippen LogP contribution in [0.4, 0.5) is 4.79 Å². The van der Waals surface area contributed by atoms with E-state index in [0.29, 0.717) is 0 Å². The fourth-order valence-corrected chi connectivity index (χ4v) is 1.92. The molecular weight excluding hydrogens is 244 g/mol. The van der Waals surface area contributed by atoms with Crippen LogP contribution < -0.4 is 10.6 Å². The third-order valence-electron chi connectivity index (χ3n) is 3.33. The molecule has 0 aromatic carbocycles. The molecule has 0 aliphatic heterocycles. The Labute approximate surface area is 114 Å². The molecule has 2 amide bonds. The minimum absolute atomic E-state index is 0.0287. The van der Waals surface area contributed by atoms with E-state index in [2.05, 4.69) is 10.6 Å². The molecule has 1 aromatic rings. The van der Waals surface area contributed by atoms with Crippen LogP contribution in [0.2, 0.25) is 0 Å². The third kappa shape index (κ3) is 4.28. The quantitative estimate of drug-likeness (QED) is 0.863. The Morgan fingerprint density at radius 3 is 2.37 bits per heavy atom. The zero-order valence-electron chi connectivity index (χ0n) is 12.5. The number of nitrogens with one attached hydrogen (secondary N) is 2. The van der Waals surface area contributed by atoms with E-state index in [-0.39, 0.29) is 24.2 Å². The van der Waals surface area contributed by atoms with Crippen LogP contribution in [0.1, 0.15) is 43.9 Å². The predicted molar refractivity (Wildman–Crippen MR) is 74.2 cm³/mol. The highest BCUT2D eigenvalue weighted by atomic mass is 16.5. The van der Waals surface area contributed by atoms with E-state index in [9.17, 15) is 4.79 Å². The van der Waals surface area contributed by atoms with Gasteiger partial charge in [0, 0.05) is 12.7 Å². The van der Waals surface area contributed by atoms with E-state index in [4.69, 9.17) is 9.15 Å². The standard InChI is InChI=1S/C14H24N2O3/c1-8-7-13(12(5)19-8)10(3)16-14(17)15-9(2)11(4)18-6/h7,9-11H,1-6H3,(H2,15,16,17)/t9-,10-,11+/m0/s1. The van der Waals surface area contributed by atoms with Gasteiger partial charge >= 0.3 is 6.03 Å². The highest BCUT2D eigenvalue weighted by Gasteiger charge is 2.18. The summed E-state index contributed by atoms with van der Waals surface area (Å²) in [5.74, 6) is 1.69. The number of ether oxygens (including phenoxy) is 1. The Bertz CT molecular complexity index is 428. The molecule has 0 aliphatic rings. The normalized spacial score (nSPS) is 15.7. The minimum Gasteiger partial charge on any atom is -0.466 e. The molecule has 0 unspecified atom stereocenters. The number of furan rings is 1. The van der Waals surface area contributed by atoms with E-state index < -0.39 is 0 Å². The average Bonchev–Trinajstić information content (AvgIpc) is 2.67. The van der Waals surface area contributed by atoms with Crippen molar-refractivity contribution in [3.05, 3.63) is 23.2 Å². The Balaban J connectivity index is 2.55. The third-order valence-corrected chi connectivity index (χ3v) is 3.33. The van der Waals surface area contributed by atoms with Crippen LogP contribution in [0.5, 0.6) is 0 Å². The second-order valence-corrected chi connectivity index (χ2v) is 4.94. The summed E-state index contributed by atoms with van der Waals surface area (Å²) in [5.41, 5.74) is 1.00. The molecule has 19 heavy (non-hydrogen) atoms. The van der Waals surface area contributed by atoms with Gasteiger partial charge < -0.3 is 19.8 Å². The predicted octanol–water partition coefficient (Wildman–Crippen LogP) is 2.68. The maximum absolute atomic E-state index is 11.9. The number of carbonyl (C=O) groups excluding carboxylic acids is 1. The molecule has 0 spiro atoms. The molecule has 0 saturated heterocycles. The lowest BCUT2D eigenvalue weighted by Crippen LogP contribution is -2.46. The van der Waals surface area contributed by atoms with Gasteiger partial charge in [-0.25, -0.2) is 4.79 Å². The molecule has 5 nitrogen and oxygen atoms in total. The van der Waals surface area contributed by atoms with Crippen molar-refractivity contribution in [2.45, 2.75) is 52.8 Å². The summed E-state index contributed by atoms with van der Waals surface area (Å²) in [5, 5.41) is 5.75. The molecule has 108 valence electrons. The smallest absolute Gasteiger partial charge is 0.315 e. The molecule has 5 heteroatoms. The van der Waals surface area contributed by atoms with Crippen molar-refractivity contribution in [2.24, 2.45) is 0 Å². The first-order valence-electron chi connectivity index (χ1n) is 6.52. The van der Waals surface area contributed by atoms with Crippen LogP contribution in [0.15, 0.2) is 10.5 Å². The number of urea groups is 1. The fourth-order valence-electron chi connectivity index (χ4n) is 1.92. The van der Waals surface area contributed by atoms with Gasteiger partial charge in [0.05, 0.1) is 18.2 Å². The summed E-state index contributed by atoms with van der Waals surface area (Å²) >= 11 is 0. The van der Waals surface area contributed by atoms with E-state index in [1.54, 1.807) is 7.11 Å². The molecule has 0 fully saturated rings. The van der Waals surface area contributed by atoms with E-state index in [1.165, 1.54) is 0 Å². The number of methoxy groups -OCH3 is 1. The lowest BCUT2D eigenvalue weighted by atomic mass is 10.1. The number of rotatable bonds is 5. The van der Waals surface area contributed by atoms with Crippen LogP contribution in [0, 0.1) is 13.8 Å². The zero-order valence-corrected chi connectivity index (χ0v) is 12.5. The van der Waals surface area contributed by atoms with Crippen LogP contribution in [0.25, 0.3) is 0 Å². The average molecular weight is 268 g/mol. The van der Waals surface area contributed by atoms with Crippen LogP contribution in [-0.4, -0.2) is 25.3 Å². The lowest BCUT2D eigenvalue weighted by molar-refractivity contribution is 0.0910. The Morgan fingerprint density at radius 1 is 1.26 bits per heavy atom. The van der Waals surface area contributed by atoms with Gasteiger partial charge in [-0.1, -0.05) is 0 Å². The van der Waals surface area contributed by atoms with E-state index in [0.717, 1.165) is 17.1 Å². The highest BCUT2D eigenvalue weighted by molar-refractivity contribution is 5.74. The Kier molecular flexibility index (Phi) is 5.42. The molecule has 1 heterocycles. The van der Waals surface area contributed by atoms with E-state index >= 15 is 0 Å². The number of aryl methyl sites for hydroxylation is 2. The molecule has 0 saturated carbocycles. The zero-order chi connectivity index (χ0) is 14.6. The largest absolute Gasteiger partial charge is 0.466 e. The van der Waals surface area contributed by atoms with Gasteiger partial charge in [-0.2, -0.15) is 0 Å². The summed E-state index contributed by atoms with van der Waals surface area (Å²) in [7, 11) is 1.63. The highest BCUT2D eigenvalue weighted by Crippen LogP contribution is 2.20. The van der Waals surface area contributed by atoms with Crippen molar-refractivity contribution >= 4 is 6.03 Å². The summed E-state index contributed by atoms with van der Waals surface area (Å²) in [6.45, 7) is 9.55. The van der Waals surface area contributed by atoms with Gasteiger partial charge in [-0.05, 0) is 40.7 Å². The maximum atomic E-state index is 11.9. The second-order valence-electron chi connectivity index (χ2n) is 4.94. The first-order chi connectivity index (χ1) is 8.85. The molecule has 0 radical (unpaired) electrons. The molecule has 2 N–H and O–H groups in total. The van der Waals surface area contributed by atoms with Crippen molar-refractivity contribution in [3.63, 3.8) is 0 Å². The summed E-state index contributed by atoms with van der Waals surface area (Å²) in [4.78, 5) is 11.9. The summed E-state index contributed by atoms with van der Waals surface area (Å²) in [6, 6.07) is 1.59. The number of amides is 2. The number of carbonyl (C=O) groups is 1. The first-order valence-corrected chi connectivity index (χ1v) is 6.52. The van der Waals surface area contributed by atoms with Crippen molar-refractivity contribution in [2.75, 3.05) is 7.11 Å². The summed E-state index contributed by atoms with van der Waals surface area (Å²) in [6.07, 6.45) is -0.0287. The maximum Gasteiger partial charge on any atom is 0.315 e. The number of hydrogen-bond donors (Lipinski definition) is 2. The number of hydrogen-bond acceptors (Lipinski definition) is 3. The van der Waals surface area contributed by atoms with Crippen molar-refractivity contribution in [3.8, 4) is 0 Å². The van der Waals surface area contributed by atoms with Crippen LogP contribution >= 0.6 is 0 Å². The SMILES string of the molecule is CO[C@H](C)[C@H](C)NC(=O)N[C@@H](C)c1cc(C)oc1C. The van der Waals surface area contributed by atoms with Crippen molar-refractivity contribution in [1.82, 2.24) is 10.6 Å². The Morgan fingerprint density at radius 2 is 1.89 bits per heavy atom. The molecule has 1 rings (SSSR count). The molecular formula is C14H24N2O3. The molecule has 0 aliphatic carbocycles. The van der Waals surface area contributed by atoms with Gasteiger partial charge in [0.25, 0.3) is 0 Å². The molecule has 3 atom stereocenters.